The van der Waals surface area contributed by atoms with Gasteiger partial charge in [0.1, 0.15) is 0 Å². The van der Waals surface area contributed by atoms with E-state index in [0.29, 0.717) is 0 Å². The molecule has 0 aliphatic carbocycles. The average molecular weight is 284 g/mol. The summed E-state index contributed by atoms with van der Waals surface area (Å²) in [6.45, 7) is 0. The minimum absolute atomic E-state index is 0. The van der Waals surface area contributed by atoms with Crippen LogP contribution in [0.25, 0.3) is 0 Å². The molecule has 0 saturated heterocycles. The van der Waals surface area contributed by atoms with Gasteiger partial charge < -0.3 is 7.43 Å². The van der Waals surface area contributed by atoms with Gasteiger partial charge in [-0.15, -0.1) is 0 Å². The van der Waals surface area contributed by atoms with Crippen LogP contribution in [0.4, 0.5) is 0 Å². The van der Waals surface area contributed by atoms with Crippen LogP contribution >= 0.6 is 0 Å². The second-order valence-electron chi connectivity index (χ2n) is 1.08. The molecule has 0 bridgehead atoms. The fourth-order valence-electron chi connectivity index (χ4n) is 0.342. The zero-order valence-corrected chi connectivity index (χ0v) is 7.12. The van der Waals surface area contributed by atoms with Crippen LogP contribution in [0.15, 0.2) is 30.3 Å². The summed E-state index contributed by atoms with van der Waals surface area (Å²) in [6.07, 6.45) is 0. The van der Waals surface area contributed by atoms with E-state index < -0.39 is 0 Å². The van der Waals surface area contributed by atoms with Crippen molar-refractivity contribution in [3.8, 4) is 0 Å². The zero-order valence-electron chi connectivity index (χ0n) is 4.72. The molecule has 0 aromatic heterocycles. The second-order valence-corrected chi connectivity index (χ2v) is 1.08. The van der Waals surface area contributed by atoms with Crippen molar-refractivity contribution in [2.24, 2.45) is 0 Å². The maximum atomic E-state index is 2.89. The van der Waals surface area contributed by atoms with E-state index in [4.69, 9.17) is 0 Å². The molecule has 0 amide bonds. The Balaban J connectivity index is 0. The zero-order chi connectivity index (χ0) is 4.24. The maximum absolute atomic E-state index is 2.89. The molecule has 0 aliphatic rings. The summed E-state index contributed by atoms with van der Waals surface area (Å²) in [7, 11) is 0. The first-order valence-corrected chi connectivity index (χ1v) is 1.91. The standard InChI is InChI=1S/C6H5.CH3.Ir/c1-2-4-6-5-3-1;;/h1-5H;1H3;/q2*-1;. The molecule has 0 N–H and O–H groups in total. The van der Waals surface area contributed by atoms with Crippen LogP contribution in [-0.4, -0.2) is 0 Å². The van der Waals surface area contributed by atoms with E-state index in [0.717, 1.165) is 0 Å². The molecule has 0 nitrogen and oxygen atoms in total. The Morgan fingerprint density at radius 1 is 0.875 bits per heavy atom. The van der Waals surface area contributed by atoms with Gasteiger partial charge in [-0.3, -0.25) is 0 Å². The van der Waals surface area contributed by atoms with Crippen molar-refractivity contribution in [2.75, 3.05) is 0 Å². The van der Waals surface area contributed by atoms with E-state index in [-0.39, 0.29) is 27.5 Å². The van der Waals surface area contributed by atoms with Gasteiger partial charge in [0.15, 0.2) is 0 Å². The summed E-state index contributed by atoms with van der Waals surface area (Å²) in [5.41, 5.74) is 0. The van der Waals surface area contributed by atoms with Gasteiger partial charge in [0.05, 0.1) is 0 Å². The Bertz CT molecular complexity index is 76.3. The van der Waals surface area contributed by atoms with Gasteiger partial charge in [-0.25, -0.2) is 0 Å². The summed E-state index contributed by atoms with van der Waals surface area (Å²) >= 11 is 0. The molecule has 1 rings (SSSR count). The van der Waals surface area contributed by atoms with E-state index in [9.17, 15) is 0 Å². The fraction of sp³-hybridized carbons (Fsp3) is 0. The quantitative estimate of drug-likeness (QED) is 0.639. The van der Waals surface area contributed by atoms with Gasteiger partial charge in [0, 0.05) is 20.1 Å². The van der Waals surface area contributed by atoms with Crippen LogP contribution < -0.4 is 0 Å². The van der Waals surface area contributed by atoms with Gasteiger partial charge in [0.25, 0.3) is 0 Å². The molecule has 1 aromatic carbocycles. The third kappa shape index (κ3) is 4.04. The van der Waals surface area contributed by atoms with Crippen molar-refractivity contribution in [1.82, 2.24) is 0 Å². The second kappa shape index (κ2) is 6.87. The van der Waals surface area contributed by atoms with Crippen molar-refractivity contribution < 1.29 is 20.1 Å². The predicted octanol–water partition coefficient (Wildman–Crippen LogP) is 1.93. The SMILES string of the molecule is [CH3-].[Ir].[c-]1ccccc1. The van der Waals surface area contributed by atoms with Gasteiger partial charge in [-0.2, -0.15) is 36.4 Å². The van der Waals surface area contributed by atoms with Crippen molar-refractivity contribution in [3.05, 3.63) is 43.8 Å². The topological polar surface area (TPSA) is 0 Å². The van der Waals surface area contributed by atoms with Crippen molar-refractivity contribution in [3.63, 3.8) is 0 Å². The van der Waals surface area contributed by atoms with Crippen molar-refractivity contribution >= 4 is 0 Å². The first-order chi connectivity index (χ1) is 3.00. The normalized spacial score (nSPS) is 6.00. The van der Waals surface area contributed by atoms with Gasteiger partial charge in [0.2, 0.25) is 0 Å². The maximum Gasteiger partial charge on any atom is 0 e. The molecule has 1 radical (unpaired) electrons. The molecule has 1 heteroatoms. The molecule has 47 valence electrons. The molecule has 0 atom stereocenters. The van der Waals surface area contributed by atoms with Crippen LogP contribution in [0.2, 0.25) is 0 Å². The first-order valence-electron chi connectivity index (χ1n) is 1.91. The molecule has 1 aromatic rings. The number of hydrogen-bond acceptors (Lipinski definition) is 0. The van der Waals surface area contributed by atoms with E-state index in [1.807, 2.05) is 30.3 Å². The van der Waals surface area contributed by atoms with Crippen LogP contribution in [0.1, 0.15) is 0 Å². The molecule has 0 heterocycles. The Hall–Kier alpha value is -0.131. The number of benzene rings is 1. The minimum Gasteiger partial charge on any atom is -0.358 e. The molecule has 8 heavy (non-hydrogen) atoms. The van der Waals surface area contributed by atoms with E-state index in [1.54, 1.807) is 0 Å². The first kappa shape index (κ1) is 10.8. The predicted molar refractivity (Wildman–Crippen MR) is 31.7 cm³/mol. The fourth-order valence-corrected chi connectivity index (χ4v) is 0.342. The summed E-state index contributed by atoms with van der Waals surface area (Å²) in [5.74, 6) is 0. The summed E-state index contributed by atoms with van der Waals surface area (Å²) in [5, 5.41) is 0. The van der Waals surface area contributed by atoms with Crippen LogP contribution in [-0.2, 0) is 20.1 Å². The Morgan fingerprint density at radius 2 is 1.38 bits per heavy atom. The van der Waals surface area contributed by atoms with E-state index in [1.165, 1.54) is 0 Å². The van der Waals surface area contributed by atoms with E-state index in [2.05, 4.69) is 6.07 Å². The summed E-state index contributed by atoms with van der Waals surface area (Å²) < 4.78 is 0. The third-order valence-corrected chi connectivity index (χ3v) is 0.607. The summed E-state index contributed by atoms with van der Waals surface area (Å²) in [4.78, 5) is 0. The van der Waals surface area contributed by atoms with Gasteiger partial charge in [-0.05, 0) is 0 Å². The monoisotopic (exact) mass is 285 g/mol. The Kier molecular flexibility index (Phi) is 9.26. The van der Waals surface area contributed by atoms with Gasteiger partial charge in [-0.1, -0.05) is 0 Å². The minimum atomic E-state index is 0. The Labute approximate surface area is 64.3 Å². The van der Waals surface area contributed by atoms with Gasteiger partial charge >= 0.3 is 0 Å². The number of rotatable bonds is 0. The molecule has 0 saturated carbocycles. The van der Waals surface area contributed by atoms with Crippen molar-refractivity contribution in [1.29, 1.82) is 0 Å². The Morgan fingerprint density at radius 3 is 1.50 bits per heavy atom. The molecule has 0 fully saturated rings. The van der Waals surface area contributed by atoms with E-state index >= 15 is 0 Å². The largest absolute Gasteiger partial charge is 0.358 e. The smallest absolute Gasteiger partial charge is 0 e. The van der Waals surface area contributed by atoms with Crippen LogP contribution in [0.3, 0.4) is 0 Å². The molecule has 0 unspecified atom stereocenters. The summed E-state index contributed by atoms with van der Waals surface area (Å²) in [6, 6.07) is 12.5. The van der Waals surface area contributed by atoms with Crippen molar-refractivity contribution in [2.45, 2.75) is 0 Å². The molecular formula is C7H8Ir-2. The van der Waals surface area contributed by atoms with Crippen LogP contribution in [0, 0.1) is 13.5 Å². The molecule has 0 aliphatic heterocycles. The molecular weight excluding hydrogens is 276 g/mol. The number of hydrogen-bond donors (Lipinski definition) is 0. The average Bonchev–Trinajstić information content (AvgIpc) is 1.72. The third-order valence-electron chi connectivity index (χ3n) is 0.607. The van der Waals surface area contributed by atoms with Crippen LogP contribution in [0.5, 0.6) is 0 Å². The molecule has 0 spiro atoms.